The van der Waals surface area contributed by atoms with Crippen LogP contribution in [0.2, 0.25) is 0 Å². The zero-order valence-electron chi connectivity index (χ0n) is 9.15. The summed E-state index contributed by atoms with van der Waals surface area (Å²) in [6, 6.07) is 0. The number of aliphatic hydroxyl groups excluding tert-OH is 3. The minimum atomic E-state index is -1.11. The number of ether oxygens (including phenoxy) is 3. The molecule has 6 nitrogen and oxygen atoms in total. The lowest BCUT2D eigenvalue weighted by molar-refractivity contribution is -0.300. The van der Waals surface area contributed by atoms with E-state index < -0.39 is 30.7 Å². The molecule has 1 rings (SSSR count). The Balaban J connectivity index is 2.70. The lowest BCUT2D eigenvalue weighted by Gasteiger charge is -2.41. The van der Waals surface area contributed by atoms with Gasteiger partial charge in [-0.1, -0.05) is 6.08 Å². The average molecular weight is 234 g/mol. The van der Waals surface area contributed by atoms with Crippen molar-refractivity contribution in [3.63, 3.8) is 0 Å². The maximum Gasteiger partial charge on any atom is 0.186 e. The van der Waals surface area contributed by atoms with Gasteiger partial charge in [-0.05, 0) is 0 Å². The van der Waals surface area contributed by atoms with Gasteiger partial charge in [-0.3, -0.25) is 0 Å². The van der Waals surface area contributed by atoms with Gasteiger partial charge in [0.15, 0.2) is 6.29 Å². The average Bonchev–Trinajstić information content (AvgIpc) is 2.29. The van der Waals surface area contributed by atoms with Crippen LogP contribution in [0.25, 0.3) is 0 Å². The Morgan fingerprint density at radius 2 is 2.06 bits per heavy atom. The van der Waals surface area contributed by atoms with Gasteiger partial charge in [0.05, 0.1) is 13.2 Å². The first kappa shape index (κ1) is 13.6. The molecular formula is C10H18O6. The van der Waals surface area contributed by atoms with Crippen molar-refractivity contribution in [1.82, 2.24) is 0 Å². The van der Waals surface area contributed by atoms with E-state index in [1.807, 2.05) is 0 Å². The molecule has 1 saturated heterocycles. The van der Waals surface area contributed by atoms with Crippen LogP contribution in [0.5, 0.6) is 0 Å². The molecule has 0 spiro atoms. The molecular weight excluding hydrogens is 216 g/mol. The third kappa shape index (κ3) is 2.79. The van der Waals surface area contributed by atoms with Gasteiger partial charge < -0.3 is 29.5 Å². The predicted octanol–water partition coefficient (Wildman–Crippen LogP) is -1.36. The largest absolute Gasteiger partial charge is 0.394 e. The summed E-state index contributed by atoms with van der Waals surface area (Å²) >= 11 is 0. The summed E-state index contributed by atoms with van der Waals surface area (Å²) in [6.45, 7) is 3.29. The minimum Gasteiger partial charge on any atom is -0.394 e. The summed E-state index contributed by atoms with van der Waals surface area (Å²) < 4.78 is 15.3. The zero-order valence-corrected chi connectivity index (χ0v) is 9.15. The lowest BCUT2D eigenvalue weighted by Crippen LogP contribution is -2.59. The first-order valence-corrected chi connectivity index (χ1v) is 5.03. The van der Waals surface area contributed by atoms with E-state index in [4.69, 9.17) is 19.3 Å². The van der Waals surface area contributed by atoms with Crippen LogP contribution in [-0.2, 0) is 14.2 Å². The van der Waals surface area contributed by atoms with Crippen molar-refractivity contribution < 1.29 is 29.5 Å². The minimum absolute atomic E-state index is 0.188. The van der Waals surface area contributed by atoms with Crippen molar-refractivity contribution in [3.05, 3.63) is 12.7 Å². The number of methoxy groups -OCH3 is 1. The van der Waals surface area contributed by atoms with Gasteiger partial charge in [0.1, 0.15) is 24.4 Å². The number of hydrogen-bond donors (Lipinski definition) is 3. The van der Waals surface area contributed by atoms with Crippen molar-refractivity contribution in [2.75, 3.05) is 20.3 Å². The van der Waals surface area contributed by atoms with Crippen LogP contribution in [0.4, 0.5) is 0 Å². The molecule has 0 unspecified atom stereocenters. The quantitative estimate of drug-likeness (QED) is 0.509. The fraction of sp³-hybridized carbons (Fsp3) is 0.800. The van der Waals surface area contributed by atoms with Crippen molar-refractivity contribution in [2.45, 2.75) is 30.7 Å². The summed E-state index contributed by atoms with van der Waals surface area (Å²) in [6.07, 6.45) is -3.33. The zero-order chi connectivity index (χ0) is 12.1. The van der Waals surface area contributed by atoms with Crippen molar-refractivity contribution in [3.8, 4) is 0 Å². The second-order valence-electron chi connectivity index (χ2n) is 3.53. The second kappa shape index (κ2) is 6.29. The van der Waals surface area contributed by atoms with E-state index in [2.05, 4.69) is 6.58 Å². The molecule has 5 atom stereocenters. The SMILES string of the molecule is C=CCO[C@H]1[C@@H](O)[C@@H](CO)O[C@H](OC)[C@@H]1O. The Morgan fingerprint density at radius 3 is 2.56 bits per heavy atom. The Kier molecular flexibility index (Phi) is 5.33. The number of aliphatic hydroxyl groups is 3. The highest BCUT2D eigenvalue weighted by Gasteiger charge is 2.45. The molecule has 94 valence electrons. The predicted molar refractivity (Wildman–Crippen MR) is 54.7 cm³/mol. The number of rotatable bonds is 5. The Labute approximate surface area is 94.1 Å². The second-order valence-corrected chi connectivity index (χ2v) is 3.53. The molecule has 0 aromatic heterocycles. The molecule has 3 N–H and O–H groups in total. The summed E-state index contributed by atoms with van der Waals surface area (Å²) in [4.78, 5) is 0. The standard InChI is InChI=1S/C10H18O6/c1-3-4-15-9-7(12)6(5-11)16-10(14-2)8(9)13/h3,6-13H,1,4-5H2,2H3/t6-,7+,8-,9+,10+/m1/s1. The lowest BCUT2D eigenvalue weighted by atomic mass is 9.99. The Hall–Kier alpha value is -0.500. The molecule has 0 aliphatic carbocycles. The topological polar surface area (TPSA) is 88.4 Å². The van der Waals surface area contributed by atoms with Gasteiger partial charge in [0.2, 0.25) is 0 Å². The van der Waals surface area contributed by atoms with E-state index in [-0.39, 0.29) is 13.2 Å². The fourth-order valence-electron chi connectivity index (χ4n) is 1.62. The molecule has 0 saturated carbocycles. The molecule has 1 aliphatic heterocycles. The van der Waals surface area contributed by atoms with Crippen LogP contribution in [-0.4, -0.2) is 66.3 Å². The first-order chi connectivity index (χ1) is 7.65. The molecule has 0 bridgehead atoms. The molecule has 0 amide bonds. The maximum atomic E-state index is 9.79. The van der Waals surface area contributed by atoms with Crippen LogP contribution in [0.15, 0.2) is 12.7 Å². The highest BCUT2D eigenvalue weighted by molar-refractivity contribution is 4.90. The number of hydrogen-bond acceptors (Lipinski definition) is 6. The Morgan fingerprint density at radius 1 is 1.38 bits per heavy atom. The molecule has 1 fully saturated rings. The van der Waals surface area contributed by atoms with Gasteiger partial charge in [0.25, 0.3) is 0 Å². The highest BCUT2D eigenvalue weighted by Crippen LogP contribution is 2.23. The van der Waals surface area contributed by atoms with Crippen LogP contribution in [0.3, 0.4) is 0 Å². The monoisotopic (exact) mass is 234 g/mol. The Bertz CT molecular complexity index is 205. The fourth-order valence-corrected chi connectivity index (χ4v) is 1.62. The molecule has 16 heavy (non-hydrogen) atoms. The first-order valence-electron chi connectivity index (χ1n) is 5.03. The summed E-state index contributed by atoms with van der Waals surface area (Å²) in [5, 5.41) is 28.6. The maximum absolute atomic E-state index is 9.79. The van der Waals surface area contributed by atoms with Gasteiger partial charge in [-0.25, -0.2) is 0 Å². The third-order valence-corrected chi connectivity index (χ3v) is 2.46. The van der Waals surface area contributed by atoms with Gasteiger partial charge in [-0.15, -0.1) is 6.58 Å². The van der Waals surface area contributed by atoms with E-state index in [0.29, 0.717) is 0 Å². The normalized spacial score (nSPS) is 39.6. The van der Waals surface area contributed by atoms with E-state index in [0.717, 1.165) is 0 Å². The van der Waals surface area contributed by atoms with Crippen LogP contribution in [0, 0.1) is 0 Å². The third-order valence-electron chi connectivity index (χ3n) is 2.46. The van der Waals surface area contributed by atoms with E-state index in [1.54, 1.807) is 0 Å². The van der Waals surface area contributed by atoms with E-state index in [9.17, 15) is 10.2 Å². The van der Waals surface area contributed by atoms with Crippen molar-refractivity contribution >= 4 is 0 Å². The van der Waals surface area contributed by atoms with Crippen LogP contribution < -0.4 is 0 Å². The van der Waals surface area contributed by atoms with Crippen LogP contribution in [0.1, 0.15) is 0 Å². The van der Waals surface area contributed by atoms with Crippen molar-refractivity contribution in [2.24, 2.45) is 0 Å². The summed E-state index contributed by atoms with van der Waals surface area (Å²) in [7, 11) is 1.37. The van der Waals surface area contributed by atoms with Gasteiger partial charge in [0, 0.05) is 7.11 Å². The van der Waals surface area contributed by atoms with Gasteiger partial charge in [-0.2, -0.15) is 0 Å². The van der Waals surface area contributed by atoms with E-state index in [1.165, 1.54) is 13.2 Å². The molecule has 0 aromatic rings. The summed E-state index contributed by atoms with van der Waals surface area (Å²) in [5.74, 6) is 0. The molecule has 6 heteroatoms. The molecule has 0 radical (unpaired) electrons. The highest BCUT2D eigenvalue weighted by atomic mass is 16.7. The van der Waals surface area contributed by atoms with Gasteiger partial charge >= 0.3 is 0 Å². The smallest absolute Gasteiger partial charge is 0.186 e. The molecule has 0 aromatic carbocycles. The molecule has 1 heterocycles. The van der Waals surface area contributed by atoms with E-state index >= 15 is 0 Å². The molecule has 1 aliphatic rings. The van der Waals surface area contributed by atoms with Crippen LogP contribution >= 0.6 is 0 Å². The summed E-state index contributed by atoms with van der Waals surface area (Å²) in [5.41, 5.74) is 0. The van der Waals surface area contributed by atoms with Crippen molar-refractivity contribution in [1.29, 1.82) is 0 Å².